The van der Waals surface area contributed by atoms with Crippen LogP contribution < -0.4 is 4.74 Å². The minimum absolute atomic E-state index is 0.0573. The average molecular weight is 383 g/mol. The fourth-order valence-electron chi connectivity index (χ4n) is 1.57. The van der Waals surface area contributed by atoms with E-state index in [0.29, 0.717) is 5.56 Å². The van der Waals surface area contributed by atoms with E-state index >= 15 is 0 Å². The Morgan fingerprint density at radius 3 is 2.60 bits per heavy atom. The fraction of sp³-hybridized carbons (Fsp3) is 0.0714. The molecule has 2 rings (SSSR count). The molecule has 0 unspecified atom stereocenters. The lowest BCUT2D eigenvalue weighted by Gasteiger charge is -2.06. The summed E-state index contributed by atoms with van der Waals surface area (Å²) in [4.78, 5) is 22.3. The standard InChI is InChI=1S/C14H10INO4/c1-9-6-7-10(8-11(9)15)14(17)20-13-5-3-2-4-12(13)16(18)19/h2-8H,1H3. The van der Waals surface area contributed by atoms with Crippen molar-refractivity contribution in [3.8, 4) is 5.75 Å². The number of halogens is 1. The molecule has 0 saturated heterocycles. The van der Waals surface area contributed by atoms with Crippen LogP contribution in [0.3, 0.4) is 0 Å². The zero-order valence-electron chi connectivity index (χ0n) is 10.5. The molecule has 20 heavy (non-hydrogen) atoms. The smallest absolute Gasteiger partial charge is 0.343 e. The van der Waals surface area contributed by atoms with Gasteiger partial charge in [-0.05, 0) is 53.3 Å². The third kappa shape index (κ3) is 3.13. The first-order valence-electron chi connectivity index (χ1n) is 5.71. The highest BCUT2D eigenvalue weighted by molar-refractivity contribution is 14.1. The Bertz CT molecular complexity index is 685. The van der Waals surface area contributed by atoms with Gasteiger partial charge in [0.15, 0.2) is 0 Å². The summed E-state index contributed by atoms with van der Waals surface area (Å²) in [6.07, 6.45) is 0. The van der Waals surface area contributed by atoms with Gasteiger partial charge in [-0.1, -0.05) is 18.2 Å². The Balaban J connectivity index is 2.28. The van der Waals surface area contributed by atoms with Crippen LogP contribution in [0, 0.1) is 20.6 Å². The molecule has 0 heterocycles. The molecule has 5 nitrogen and oxygen atoms in total. The molecule has 0 atom stereocenters. The first kappa shape index (κ1) is 14.4. The topological polar surface area (TPSA) is 69.4 Å². The highest BCUT2D eigenvalue weighted by atomic mass is 127. The predicted molar refractivity (Wildman–Crippen MR) is 82.0 cm³/mol. The number of esters is 1. The van der Waals surface area contributed by atoms with E-state index in [1.165, 1.54) is 18.2 Å². The number of nitro groups is 1. The molecule has 0 amide bonds. The molecule has 0 aliphatic rings. The van der Waals surface area contributed by atoms with Crippen molar-refractivity contribution < 1.29 is 14.5 Å². The number of para-hydroxylation sites is 2. The van der Waals surface area contributed by atoms with E-state index in [2.05, 4.69) is 22.6 Å². The minimum atomic E-state index is -0.614. The number of nitrogens with zero attached hydrogens (tertiary/aromatic N) is 1. The highest BCUT2D eigenvalue weighted by Gasteiger charge is 2.18. The van der Waals surface area contributed by atoms with Gasteiger partial charge in [-0.2, -0.15) is 0 Å². The Morgan fingerprint density at radius 2 is 1.95 bits per heavy atom. The van der Waals surface area contributed by atoms with Crippen LogP contribution in [0.2, 0.25) is 0 Å². The third-order valence-electron chi connectivity index (χ3n) is 2.67. The van der Waals surface area contributed by atoms with Crippen LogP contribution in [-0.2, 0) is 0 Å². The van der Waals surface area contributed by atoms with Crippen molar-refractivity contribution in [2.45, 2.75) is 6.92 Å². The zero-order valence-corrected chi connectivity index (χ0v) is 12.7. The summed E-state index contributed by atoms with van der Waals surface area (Å²) in [5.41, 5.74) is 1.17. The number of aryl methyl sites for hydroxylation is 1. The van der Waals surface area contributed by atoms with Crippen molar-refractivity contribution in [1.29, 1.82) is 0 Å². The van der Waals surface area contributed by atoms with Gasteiger partial charge in [-0.3, -0.25) is 10.1 Å². The maximum Gasteiger partial charge on any atom is 0.343 e. The molecule has 0 spiro atoms. The quantitative estimate of drug-likeness (QED) is 0.266. The third-order valence-corrected chi connectivity index (χ3v) is 3.83. The SMILES string of the molecule is Cc1ccc(C(=O)Oc2ccccc2[N+](=O)[O-])cc1I. The van der Waals surface area contributed by atoms with Crippen LogP contribution in [0.1, 0.15) is 15.9 Å². The van der Waals surface area contributed by atoms with Crippen LogP contribution in [-0.4, -0.2) is 10.9 Å². The summed E-state index contributed by atoms with van der Waals surface area (Å²) in [7, 11) is 0. The number of hydrogen-bond acceptors (Lipinski definition) is 4. The van der Waals surface area contributed by atoms with Crippen molar-refractivity contribution >= 4 is 34.2 Å². The molecule has 0 fully saturated rings. The van der Waals surface area contributed by atoms with Crippen LogP contribution in [0.15, 0.2) is 42.5 Å². The van der Waals surface area contributed by atoms with Gasteiger partial charge in [0.2, 0.25) is 5.75 Å². The number of rotatable bonds is 3. The molecule has 0 saturated carbocycles. The summed E-state index contributed by atoms with van der Waals surface area (Å²) < 4.78 is 6.03. The first-order chi connectivity index (χ1) is 9.49. The number of ether oxygens (including phenoxy) is 1. The summed E-state index contributed by atoms with van der Waals surface area (Å²) in [5.74, 6) is -0.671. The van der Waals surface area contributed by atoms with E-state index in [1.54, 1.807) is 24.3 Å². The van der Waals surface area contributed by atoms with Gasteiger partial charge in [-0.25, -0.2) is 4.79 Å². The van der Waals surface area contributed by atoms with Gasteiger partial charge in [0.25, 0.3) is 0 Å². The molecule has 0 aliphatic carbocycles. The number of hydrogen-bond donors (Lipinski definition) is 0. The largest absolute Gasteiger partial charge is 0.416 e. The number of carbonyl (C=O) groups is 1. The van der Waals surface area contributed by atoms with Gasteiger partial charge in [0, 0.05) is 9.64 Å². The van der Waals surface area contributed by atoms with E-state index in [1.807, 2.05) is 6.92 Å². The van der Waals surface area contributed by atoms with Crippen molar-refractivity contribution in [2.24, 2.45) is 0 Å². The van der Waals surface area contributed by atoms with Gasteiger partial charge in [0.05, 0.1) is 10.5 Å². The molecular weight excluding hydrogens is 373 g/mol. The second kappa shape index (κ2) is 6.00. The Kier molecular flexibility index (Phi) is 4.33. The molecule has 0 bridgehead atoms. The molecule has 102 valence electrons. The van der Waals surface area contributed by atoms with E-state index in [4.69, 9.17) is 4.74 Å². The van der Waals surface area contributed by atoms with Crippen molar-refractivity contribution in [3.05, 3.63) is 67.3 Å². The molecule has 6 heteroatoms. The summed E-state index contributed by atoms with van der Waals surface area (Å²) >= 11 is 2.12. The summed E-state index contributed by atoms with van der Waals surface area (Å²) in [6, 6.07) is 10.9. The highest BCUT2D eigenvalue weighted by Crippen LogP contribution is 2.27. The molecular formula is C14H10INO4. The van der Waals surface area contributed by atoms with E-state index < -0.39 is 10.9 Å². The molecule has 0 aromatic heterocycles. The zero-order chi connectivity index (χ0) is 14.7. The monoisotopic (exact) mass is 383 g/mol. The van der Waals surface area contributed by atoms with Crippen molar-refractivity contribution in [3.63, 3.8) is 0 Å². The number of nitro benzene ring substituents is 1. The van der Waals surface area contributed by atoms with Crippen LogP contribution in [0.25, 0.3) is 0 Å². The lowest BCUT2D eigenvalue weighted by Crippen LogP contribution is -2.10. The van der Waals surface area contributed by atoms with E-state index in [9.17, 15) is 14.9 Å². The molecule has 0 aliphatic heterocycles. The van der Waals surface area contributed by atoms with Crippen molar-refractivity contribution in [2.75, 3.05) is 0 Å². The molecule has 0 N–H and O–H groups in total. The Hall–Kier alpha value is -1.96. The van der Waals surface area contributed by atoms with Crippen LogP contribution in [0.4, 0.5) is 5.69 Å². The fourth-order valence-corrected chi connectivity index (χ4v) is 2.09. The van der Waals surface area contributed by atoms with Crippen molar-refractivity contribution in [1.82, 2.24) is 0 Å². The maximum absolute atomic E-state index is 12.0. The first-order valence-corrected chi connectivity index (χ1v) is 6.78. The second-order valence-electron chi connectivity index (χ2n) is 4.08. The number of carbonyl (C=O) groups excluding carboxylic acids is 1. The molecule has 2 aromatic carbocycles. The minimum Gasteiger partial charge on any atom is -0.416 e. The summed E-state index contributed by atoms with van der Waals surface area (Å²) in [5, 5.41) is 10.9. The lowest BCUT2D eigenvalue weighted by atomic mass is 10.1. The molecule has 0 radical (unpaired) electrons. The number of benzene rings is 2. The average Bonchev–Trinajstić information content (AvgIpc) is 2.42. The normalized spacial score (nSPS) is 10.1. The second-order valence-corrected chi connectivity index (χ2v) is 5.24. The van der Waals surface area contributed by atoms with Crippen LogP contribution in [0.5, 0.6) is 5.75 Å². The summed E-state index contributed by atoms with van der Waals surface area (Å²) in [6.45, 7) is 1.93. The van der Waals surface area contributed by atoms with Gasteiger partial charge >= 0.3 is 11.7 Å². The van der Waals surface area contributed by atoms with E-state index in [-0.39, 0.29) is 11.4 Å². The Labute approximate surface area is 128 Å². The van der Waals surface area contributed by atoms with Gasteiger partial charge in [0.1, 0.15) is 0 Å². The maximum atomic E-state index is 12.0. The Morgan fingerprint density at radius 1 is 1.25 bits per heavy atom. The predicted octanol–water partition coefficient (Wildman–Crippen LogP) is 3.73. The molecule has 2 aromatic rings. The van der Waals surface area contributed by atoms with E-state index in [0.717, 1.165) is 9.13 Å². The van der Waals surface area contributed by atoms with Crippen LogP contribution >= 0.6 is 22.6 Å². The van der Waals surface area contributed by atoms with Gasteiger partial charge < -0.3 is 4.74 Å². The van der Waals surface area contributed by atoms with Gasteiger partial charge in [-0.15, -0.1) is 0 Å². The lowest BCUT2D eigenvalue weighted by molar-refractivity contribution is -0.385.